The molecule has 18 heavy (non-hydrogen) atoms. The molecule has 1 saturated heterocycles. The molecule has 0 atom stereocenters. The van der Waals surface area contributed by atoms with Gasteiger partial charge in [0.1, 0.15) is 0 Å². The molecular weight excluding hydrogens is 246 g/mol. The lowest BCUT2D eigenvalue weighted by Gasteiger charge is -2.34. The molecule has 0 aliphatic carbocycles. The first-order valence-corrected chi connectivity index (χ1v) is 8.14. The van der Waals surface area contributed by atoms with Crippen molar-refractivity contribution in [3.8, 4) is 0 Å². The summed E-state index contributed by atoms with van der Waals surface area (Å²) in [6.45, 7) is 8.76. The van der Waals surface area contributed by atoms with Crippen LogP contribution in [0.1, 0.15) is 33.1 Å². The standard InChI is InChI=1S/C13H27N3OS/c1-4-8-15-12(14-5-2)16-11-13(18-3)6-9-17-10-7-13/h4-11H2,1-3H3,(H2,14,15,16). The molecule has 1 heterocycles. The fraction of sp³-hybridized carbons (Fsp3) is 0.923. The van der Waals surface area contributed by atoms with Crippen molar-refractivity contribution in [2.75, 3.05) is 39.1 Å². The lowest BCUT2D eigenvalue weighted by Crippen LogP contribution is -2.41. The number of thioether (sulfide) groups is 1. The Hall–Kier alpha value is -0.420. The summed E-state index contributed by atoms with van der Waals surface area (Å²) in [6.07, 6.45) is 5.51. The zero-order valence-electron chi connectivity index (χ0n) is 11.9. The van der Waals surface area contributed by atoms with E-state index < -0.39 is 0 Å². The van der Waals surface area contributed by atoms with Crippen molar-refractivity contribution < 1.29 is 4.74 Å². The van der Waals surface area contributed by atoms with Gasteiger partial charge in [0.2, 0.25) is 0 Å². The predicted molar refractivity (Wildman–Crippen MR) is 80.6 cm³/mol. The van der Waals surface area contributed by atoms with Gasteiger partial charge in [0, 0.05) is 31.1 Å². The minimum Gasteiger partial charge on any atom is -0.381 e. The molecule has 1 rings (SSSR count). The van der Waals surface area contributed by atoms with E-state index in [4.69, 9.17) is 9.73 Å². The molecule has 106 valence electrons. The first-order chi connectivity index (χ1) is 8.76. The maximum atomic E-state index is 5.45. The van der Waals surface area contributed by atoms with E-state index in [-0.39, 0.29) is 4.75 Å². The summed E-state index contributed by atoms with van der Waals surface area (Å²) in [7, 11) is 0. The summed E-state index contributed by atoms with van der Waals surface area (Å²) in [6, 6.07) is 0. The topological polar surface area (TPSA) is 45.7 Å². The van der Waals surface area contributed by atoms with Crippen LogP contribution in [0.15, 0.2) is 4.99 Å². The van der Waals surface area contributed by atoms with Crippen molar-refractivity contribution in [2.45, 2.75) is 37.9 Å². The Balaban J connectivity index is 2.54. The van der Waals surface area contributed by atoms with Crippen molar-refractivity contribution >= 4 is 17.7 Å². The molecule has 2 N–H and O–H groups in total. The van der Waals surface area contributed by atoms with Crippen LogP contribution < -0.4 is 10.6 Å². The van der Waals surface area contributed by atoms with Crippen LogP contribution in [0.5, 0.6) is 0 Å². The lowest BCUT2D eigenvalue weighted by atomic mass is 9.99. The molecule has 0 amide bonds. The summed E-state index contributed by atoms with van der Waals surface area (Å²) in [4.78, 5) is 4.74. The van der Waals surface area contributed by atoms with Crippen molar-refractivity contribution in [3.63, 3.8) is 0 Å². The number of hydrogen-bond acceptors (Lipinski definition) is 3. The van der Waals surface area contributed by atoms with Crippen LogP contribution in [0, 0.1) is 0 Å². The van der Waals surface area contributed by atoms with E-state index in [1.54, 1.807) is 0 Å². The maximum absolute atomic E-state index is 5.45. The molecule has 0 aromatic heterocycles. The Bertz CT molecular complexity index is 253. The quantitative estimate of drug-likeness (QED) is 0.573. The number of ether oxygens (including phenoxy) is 1. The molecule has 0 unspecified atom stereocenters. The molecule has 5 heteroatoms. The van der Waals surface area contributed by atoms with Gasteiger partial charge in [-0.2, -0.15) is 11.8 Å². The second kappa shape index (κ2) is 8.64. The fourth-order valence-electron chi connectivity index (χ4n) is 1.98. The van der Waals surface area contributed by atoms with E-state index in [1.165, 1.54) is 0 Å². The maximum Gasteiger partial charge on any atom is 0.191 e. The van der Waals surface area contributed by atoms with E-state index in [9.17, 15) is 0 Å². The van der Waals surface area contributed by atoms with Gasteiger partial charge in [-0.1, -0.05) is 6.92 Å². The summed E-state index contributed by atoms with van der Waals surface area (Å²) >= 11 is 1.93. The van der Waals surface area contributed by atoms with E-state index >= 15 is 0 Å². The highest BCUT2D eigenvalue weighted by Crippen LogP contribution is 2.33. The summed E-state index contributed by atoms with van der Waals surface area (Å²) in [5.41, 5.74) is 0. The van der Waals surface area contributed by atoms with Gasteiger partial charge in [0.15, 0.2) is 5.96 Å². The zero-order valence-corrected chi connectivity index (χ0v) is 12.7. The van der Waals surface area contributed by atoms with E-state index in [0.29, 0.717) is 0 Å². The van der Waals surface area contributed by atoms with Gasteiger partial charge in [-0.15, -0.1) is 0 Å². The van der Waals surface area contributed by atoms with Crippen LogP contribution in [-0.4, -0.2) is 49.8 Å². The SMILES string of the molecule is CCCNC(=NCC1(SC)CCOCC1)NCC. The van der Waals surface area contributed by atoms with E-state index in [0.717, 1.165) is 58.1 Å². The van der Waals surface area contributed by atoms with Gasteiger partial charge < -0.3 is 15.4 Å². The Labute approximate surface area is 115 Å². The van der Waals surface area contributed by atoms with Crippen LogP contribution >= 0.6 is 11.8 Å². The largest absolute Gasteiger partial charge is 0.381 e. The predicted octanol–water partition coefficient (Wildman–Crippen LogP) is 1.86. The Morgan fingerprint density at radius 1 is 1.28 bits per heavy atom. The number of hydrogen-bond donors (Lipinski definition) is 2. The zero-order chi connectivity index (χ0) is 13.3. The van der Waals surface area contributed by atoms with Crippen molar-refractivity contribution in [1.82, 2.24) is 10.6 Å². The molecule has 0 saturated carbocycles. The smallest absolute Gasteiger partial charge is 0.191 e. The first-order valence-electron chi connectivity index (χ1n) is 6.91. The minimum atomic E-state index is 0.271. The van der Waals surface area contributed by atoms with Crippen LogP contribution in [-0.2, 0) is 4.74 Å². The Kier molecular flexibility index (Phi) is 7.51. The molecule has 0 aromatic carbocycles. The average Bonchev–Trinajstić information content (AvgIpc) is 2.43. The van der Waals surface area contributed by atoms with Gasteiger partial charge in [0.25, 0.3) is 0 Å². The second-order valence-electron chi connectivity index (χ2n) is 4.62. The first kappa shape index (κ1) is 15.6. The third-order valence-electron chi connectivity index (χ3n) is 3.25. The third kappa shape index (κ3) is 5.06. The number of guanidine groups is 1. The molecule has 0 bridgehead atoms. The normalized spacial score (nSPS) is 19.6. The van der Waals surface area contributed by atoms with Gasteiger partial charge >= 0.3 is 0 Å². The average molecular weight is 273 g/mol. The molecule has 1 fully saturated rings. The van der Waals surface area contributed by atoms with Crippen molar-refractivity contribution in [2.24, 2.45) is 4.99 Å². The molecule has 0 aromatic rings. The number of aliphatic imine (C=N–C) groups is 1. The summed E-state index contributed by atoms with van der Waals surface area (Å²) < 4.78 is 5.72. The van der Waals surface area contributed by atoms with Crippen molar-refractivity contribution in [3.05, 3.63) is 0 Å². The Morgan fingerprint density at radius 3 is 2.56 bits per heavy atom. The van der Waals surface area contributed by atoms with E-state index in [1.807, 2.05) is 11.8 Å². The highest BCUT2D eigenvalue weighted by Gasteiger charge is 2.31. The number of rotatable bonds is 6. The molecule has 1 aliphatic rings. The third-order valence-corrected chi connectivity index (χ3v) is 4.65. The molecule has 0 spiro atoms. The highest BCUT2D eigenvalue weighted by molar-refractivity contribution is 8.00. The van der Waals surface area contributed by atoms with Crippen LogP contribution in [0.3, 0.4) is 0 Å². The van der Waals surface area contributed by atoms with Crippen LogP contribution in [0.25, 0.3) is 0 Å². The van der Waals surface area contributed by atoms with Gasteiger partial charge in [0.05, 0.1) is 6.54 Å². The van der Waals surface area contributed by atoms with Crippen molar-refractivity contribution in [1.29, 1.82) is 0 Å². The Morgan fingerprint density at radius 2 is 2.00 bits per heavy atom. The summed E-state index contributed by atoms with van der Waals surface area (Å²) in [5.74, 6) is 0.944. The molecular formula is C13H27N3OS. The minimum absolute atomic E-state index is 0.271. The summed E-state index contributed by atoms with van der Waals surface area (Å²) in [5, 5.41) is 6.65. The van der Waals surface area contributed by atoms with Gasteiger partial charge in [-0.05, 0) is 32.4 Å². The van der Waals surface area contributed by atoms with E-state index in [2.05, 4.69) is 30.7 Å². The van der Waals surface area contributed by atoms with Crippen LogP contribution in [0.2, 0.25) is 0 Å². The molecule has 1 aliphatic heterocycles. The van der Waals surface area contributed by atoms with Gasteiger partial charge in [-0.25, -0.2) is 0 Å². The molecule has 0 radical (unpaired) electrons. The highest BCUT2D eigenvalue weighted by atomic mass is 32.2. The molecule has 4 nitrogen and oxygen atoms in total. The monoisotopic (exact) mass is 273 g/mol. The number of nitrogens with zero attached hydrogens (tertiary/aromatic N) is 1. The second-order valence-corrected chi connectivity index (χ2v) is 5.90. The van der Waals surface area contributed by atoms with Gasteiger partial charge in [-0.3, -0.25) is 4.99 Å². The van der Waals surface area contributed by atoms with Crippen LogP contribution in [0.4, 0.5) is 0 Å². The fourth-order valence-corrected chi connectivity index (χ4v) is 2.75. The number of nitrogens with one attached hydrogen (secondary N) is 2. The lowest BCUT2D eigenvalue weighted by molar-refractivity contribution is 0.0794.